The number of likely N-dealkylation sites (tertiary alicyclic amines) is 1. The molecular formula is C14H16ClFN4O. The van der Waals surface area contributed by atoms with Gasteiger partial charge in [-0.3, -0.25) is 9.36 Å². The van der Waals surface area contributed by atoms with Crippen LogP contribution in [0.15, 0.2) is 12.1 Å². The van der Waals surface area contributed by atoms with E-state index in [9.17, 15) is 9.18 Å². The number of benzene rings is 1. The number of rotatable bonds is 2. The van der Waals surface area contributed by atoms with Crippen molar-refractivity contribution < 1.29 is 9.18 Å². The van der Waals surface area contributed by atoms with Gasteiger partial charge >= 0.3 is 0 Å². The van der Waals surface area contributed by atoms with Crippen LogP contribution in [-0.4, -0.2) is 33.4 Å². The van der Waals surface area contributed by atoms with E-state index in [-0.39, 0.29) is 16.9 Å². The van der Waals surface area contributed by atoms with Gasteiger partial charge in [0.1, 0.15) is 11.9 Å². The van der Waals surface area contributed by atoms with Gasteiger partial charge in [-0.2, -0.15) is 0 Å². The van der Waals surface area contributed by atoms with Crippen molar-refractivity contribution >= 4 is 34.5 Å². The Balaban J connectivity index is 2.04. The van der Waals surface area contributed by atoms with Crippen molar-refractivity contribution in [2.45, 2.75) is 25.8 Å². The molecule has 0 spiro atoms. The number of nitrogens with two attached hydrogens (primary N) is 1. The minimum absolute atomic E-state index is 0.00864. The van der Waals surface area contributed by atoms with Gasteiger partial charge in [-0.15, -0.1) is 0 Å². The molecule has 2 aromatic rings. The summed E-state index contributed by atoms with van der Waals surface area (Å²) in [6.07, 6.45) is 2.03. The van der Waals surface area contributed by atoms with Crippen LogP contribution >= 0.6 is 11.6 Å². The first kappa shape index (κ1) is 14.1. The van der Waals surface area contributed by atoms with Crippen LogP contribution in [0.1, 0.15) is 25.8 Å². The lowest BCUT2D eigenvalue weighted by atomic mass is 10.2. The van der Waals surface area contributed by atoms with Gasteiger partial charge in [0, 0.05) is 19.2 Å². The molecule has 0 bridgehead atoms. The van der Waals surface area contributed by atoms with Crippen LogP contribution in [0.3, 0.4) is 0 Å². The molecule has 1 amide bonds. The highest BCUT2D eigenvalue weighted by molar-refractivity contribution is 6.31. The van der Waals surface area contributed by atoms with Gasteiger partial charge < -0.3 is 10.6 Å². The van der Waals surface area contributed by atoms with Gasteiger partial charge in [-0.25, -0.2) is 9.37 Å². The molecular weight excluding hydrogens is 295 g/mol. The number of amides is 1. The van der Waals surface area contributed by atoms with Gasteiger partial charge in [-0.05, 0) is 25.8 Å². The zero-order chi connectivity index (χ0) is 15.1. The van der Waals surface area contributed by atoms with E-state index in [0.29, 0.717) is 11.0 Å². The highest BCUT2D eigenvalue weighted by atomic mass is 35.5. The van der Waals surface area contributed by atoms with Gasteiger partial charge in [0.2, 0.25) is 11.9 Å². The Kier molecular flexibility index (Phi) is 3.49. The number of aromatic nitrogens is 2. The first-order valence-electron chi connectivity index (χ1n) is 6.90. The monoisotopic (exact) mass is 310 g/mol. The minimum atomic E-state index is -0.550. The number of imidazole rings is 1. The Bertz CT molecular complexity index is 709. The van der Waals surface area contributed by atoms with E-state index in [1.54, 1.807) is 11.5 Å². The number of hydrogen-bond donors (Lipinski definition) is 1. The molecule has 2 N–H and O–H groups in total. The first-order chi connectivity index (χ1) is 9.99. The summed E-state index contributed by atoms with van der Waals surface area (Å²) in [6, 6.07) is 2.18. The average Bonchev–Trinajstić information content (AvgIpc) is 3.06. The molecule has 1 saturated heterocycles. The van der Waals surface area contributed by atoms with Crippen molar-refractivity contribution in [1.29, 1.82) is 0 Å². The summed E-state index contributed by atoms with van der Waals surface area (Å²) in [4.78, 5) is 18.5. The summed E-state index contributed by atoms with van der Waals surface area (Å²) in [5.74, 6) is -0.383. The maximum atomic E-state index is 13.7. The van der Waals surface area contributed by atoms with E-state index < -0.39 is 11.9 Å². The van der Waals surface area contributed by atoms with Crippen molar-refractivity contribution in [2.24, 2.45) is 0 Å². The summed E-state index contributed by atoms with van der Waals surface area (Å²) in [5.41, 5.74) is 6.87. The fourth-order valence-corrected chi connectivity index (χ4v) is 2.99. The summed E-state index contributed by atoms with van der Waals surface area (Å²) in [6.45, 7) is 3.27. The third kappa shape index (κ3) is 2.33. The molecule has 0 saturated carbocycles. The SMILES string of the molecule is CC(C(=O)N1CCCC1)n1c(N)nc2cc(Cl)c(F)cc21. The zero-order valence-electron chi connectivity index (χ0n) is 11.6. The molecule has 1 aliphatic heterocycles. The molecule has 3 rings (SSSR count). The number of halogens is 2. The number of fused-ring (bicyclic) bond motifs is 1. The standard InChI is InChI=1S/C14H16ClFN4O/c1-8(13(21)19-4-2-3-5-19)20-12-7-10(16)9(15)6-11(12)18-14(20)17/h6-8H,2-5H2,1H3,(H2,17,18). The molecule has 1 fully saturated rings. The van der Waals surface area contributed by atoms with Crippen LogP contribution in [0.25, 0.3) is 11.0 Å². The summed E-state index contributed by atoms with van der Waals surface area (Å²) >= 11 is 5.75. The van der Waals surface area contributed by atoms with Crippen LogP contribution in [0.4, 0.5) is 10.3 Å². The smallest absolute Gasteiger partial charge is 0.245 e. The molecule has 1 atom stereocenters. The van der Waals surface area contributed by atoms with E-state index in [4.69, 9.17) is 17.3 Å². The molecule has 1 aliphatic rings. The molecule has 112 valence electrons. The van der Waals surface area contributed by atoms with E-state index >= 15 is 0 Å². The minimum Gasteiger partial charge on any atom is -0.369 e. The Morgan fingerprint density at radius 3 is 2.76 bits per heavy atom. The Labute approximate surface area is 126 Å². The largest absolute Gasteiger partial charge is 0.369 e. The fourth-order valence-electron chi connectivity index (χ4n) is 2.83. The second-order valence-electron chi connectivity index (χ2n) is 5.30. The molecule has 1 aromatic heterocycles. The lowest BCUT2D eigenvalue weighted by Gasteiger charge is -2.22. The Morgan fingerprint density at radius 1 is 1.43 bits per heavy atom. The zero-order valence-corrected chi connectivity index (χ0v) is 12.4. The van der Waals surface area contributed by atoms with Crippen molar-refractivity contribution in [3.8, 4) is 0 Å². The van der Waals surface area contributed by atoms with Gasteiger partial charge in [0.05, 0.1) is 16.1 Å². The molecule has 5 nitrogen and oxygen atoms in total. The number of hydrogen-bond acceptors (Lipinski definition) is 3. The molecule has 0 radical (unpaired) electrons. The third-order valence-corrected chi connectivity index (χ3v) is 4.21. The highest BCUT2D eigenvalue weighted by Gasteiger charge is 2.27. The van der Waals surface area contributed by atoms with E-state index in [0.717, 1.165) is 25.9 Å². The third-order valence-electron chi connectivity index (χ3n) is 3.92. The van der Waals surface area contributed by atoms with Gasteiger partial charge in [0.15, 0.2) is 0 Å². The lowest BCUT2D eigenvalue weighted by molar-refractivity contribution is -0.133. The predicted molar refractivity (Wildman–Crippen MR) is 79.6 cm³/mol. The maximum absolute atomic E-state index is 13.7. The summed E-state index contributed by atoms with van der Waals surface area (Å²) < 4.78 is 15.3. The fraction of sp³-hybridized carbons (Fsp3) is 0.429. The second-order valence-corrected chi connectivity index (χ2v) is 5.71. The summed E-state index contributed by atoms with van der Waals surface area (Å²) in [7, 11) is 0. The normalized spacial score (nSPS) is 16.6. The van der Waals surface area contributed by atoms with Crippen molar-refractivity contribution in [3.63, 3.8) is 0 Å². The predicted octanol–water partition coefficient (Wildman–Crippen LogP) is 2.59. The van der Waals surface area contributed by atoms with E-state index in [1.807, 2.05) is 4.90 Å². The van der Waals surface area contributed by atoms with Crippen molar-refractivity contribution in [1.82, 2.24) is 14.5 Å². The Morgan fingerprint density at radius 2 is 2.10 bits per heavy atom. The number of nitrogens with zero attached hydrogens (tertiary/aromatic N) is 3. The Hall–Kier alpha value is -1.82. The van der Waals surface area contributed by atoms with E-state index in [1.165, 1.54) is 12.1 Å². The molecule has 1 aromatic carbocycles. The quantitative estimate of drug-likeness (QED) is 0.927. The highest BCUT2D eigenvalue weighted by Crippen LogP contribution is 2.28. The molecule has 7 heteroatoms. The number of anilines is 1. The summed E-state index contributed by atoms with van der Waals surface area (Å²) in [5, 5.41) is -0.00864. The maximum Gasteiger partial charge on any atom is 0.245 e. The van der Waals surface area contributed by atoms with Crippen LogP contribution in [0.2, 0.25) is 5.02 Å². The van der Waals surface area contributed by atoms with Crippen molar-refractivity contribution in [3.05, 3.63) is 23.0 Å². The number of carbonyl (C=O) groups is 1. The second kappa shape index (κ2) is 5.18. The van der Waals surface area contributed by atoms with Gasteiger partial charge in [-0.1, -0.05) is 11.6 Å². The van der Waals surface area contributed by atoms with Crippen LogP contribution in [-0.2, 0) is 4.79 Å². The van der Waals surface area contributed by atoms with Gasteiger partial charge in [0.25, 0.3) is 0 Å². The lowest BCUT2D eigenvalue weighted by Crippen LogP contribution is -2.34. The number of carbonyl (C=O) groups excluding carboxylic acids is 1. The molecule has 2 heterocycles. The first-order valence-corrected chi connectivity index (χ1v) is 7.28. The van der Waals surface area contributed by atoms with Crippen LogP contribution in [0.5, 0.6) is 0 Å². The van der Waals surface area contributed by atoms with Crippen LogP contribution in [0, 0.1) is 5.82 Å². The van der Waals surface area contributed by atoms with E-state index in [2.05, 4.69) is 4.98 Å². The molecule has 0 aliphatic carbocycles. The average molecular weight is 311 g/mol. The molecule has 21 heavy (non-hydrogen) atoms. The topological polar surface area (TPSA) is 64.2 Å². The van der Waals surface area contributed by atoms with Crippen LogP contribution < -0.4 is 5.73 Å². The molecule has 1 unspecified atom stereocenters. The van der Waals surface area contributed by atoms with Crippen molar-refractivity contribution in [2.75, 3.05) is 18.8 Å². The number of nitrogen functional groups attached to an aromatic ring is 1.